The number of anilines is 1. The zero-order valence-electron chi connectivity index (χ0n) is 13.3. The number of aryl methyl sites for hydroxylation is 1. The number of carbonyl (C=O) groups is 1. The molecule has 1 aromatic heterocycles. The van der Waals surface area contributed by atoms with E-state index in [1.54, 1.807) is 0 Å². The van der Waals surface area contributed by atoms with E-state index in [4.69, 9.17) is 5.73 Å². The fraction of sp³-hybridized carbons (Fsp3) is 0.412. The molecule has 1 heterocycles. The maximum absolute atomic E-state index is 11.8. The molecule has 0 aliphatic heterocycles. The third-order valence-electron chi connectivity index (χ3n) is 3.79. The maximum atomic E-state index is 11.8. The second-order valence-electron chi connectivity index (χ2n) is 5.48. The minimum Gasteiger partial charge on any atom is -0.330 e. The van der Waals surface area contributed by atoms with Crippen molar-refractivity contribution in [2.75, 3.05) is 11.9 Å². The second-order valence-corrected chi connectivity index (χ2v) is 5.48. The Hall–Kier alpha value is -2.14. The van der Waals surface area contributed by atoms with Gasteiger partial charge in [-0.1, -0.05) is 6.42 Å². The van der Waals surface area contributed by atoms with E-state index < -0.39 is 0 Å². The van der Waals surface area contributed by atoms with Crippen LogP contribution in [0, 0.1) is 13.8 Å². The Morgan fingerprint density at radius 2 is 1.91 bits per heavy atom. The number of carbonyl (C=O) groups excluding carboxylic acids is 1. The largest absolute Gasteiger partial charge is 0.330 e. The average Bonchev–Trinajstić information content (AvgIpc) is 2.84. The van der Waals surface area contributed by atoms with Gasteiger partial charge in [0.05, 0.1) is 12.0 Å². The molecule has 22 heavy (non-hydrogen) atoms. The van der Waals surface area contributed by atoms with Crippen LogP contribution in [0.5, 0.6) is 0 Å². The molecule has 0 aliphatic rings. The van der Waals surface area contributed by atoms with Crippen LogP contribution in [0.3, 0.4) is 0 Å². The lowest BCUT2D eigenvalue weighted by atomic mass is 10.2. The number of hydrogen-bond donors (Lipinski definition) is 2. The number of nitrogens with zero attached hydrogens (tertiary/aromatic N) is 2. The van der Waals surface area contributed by atoms with Crippen molar-refractivity contribution in [3.63, 3.8) is 0 Å². The van der Waals surface area contributed by atoms with Gasteiger partial charge in [0.2, 0.25) is 5.91 Å². The number of unbranched alkanes of at least 4 members (excludes halogenated alkanes) is 2. The van der Waals surface area contributed by atoms with Crippen molar-refractivity contribution < 1.29 is 4.79 Å². The fourth-order valence-corrected chi connectivity index (χ4v) is 2.29. The van der Waals surface area contributed by atoms with E-state index in [1.807, 2.05) is 49.0 Å². The van der Waals surface area contributed by atoms with Gasteiger partial charge in [0.15, 0.2) is 0 Å². The summed E-state index contributed by atoms with van der Waals surface area (Å²) in [4.78, 5) is 16.1. The quantitative estimate of drug-likeness (QED) is 0.772. The summed E-state index contributed by atoms with van der Waals surface area (Å²) >= 11 is 0. The summed E-state index contributed by atoms with van der Waals surface area (Å²) in [5.41, 5.74) is 9.44. The third kappa shape index (κ3) is 4.18. The van der Waals surface area contributed by atoms with Crippen molar-refractivity contribution in [2.45, 2.75) is 39.5 Å². The number of hydrogen-bond acceptors (Lipinski definition) is 3. The molecule has 0 fully saturated rings. The summed E-state index contributed by atoms with van der Waals surface area (Å²) in [7, 11) is 0. The van der Waals surface area contributed by atoms with Gasteiger partial charge in [-0.25, -0.2) is 4.98 Å². The van der Waals surface area contributed by atoms with Gasteiger partial charge in [-0.2, -0.15) is 0 Å². The molecule has 1 amide bonds. The molecule has 0 radical (unpaired) electrons. The number of nitrogens with two attached hydrogens (primary N) is 1. The maximum Gasteiger partial charge on any atom is 0.224 e. The Bertz CT molecular complexity index is 616. The summed E-state index contributed by atoms with van der Waals surface area (Å²) in [6.45, 7) is 4.72. The van der Waals surface area contributed by atoms with Crippen LogP contribution in [-0.4, -0.2) is 22.0 Å². The lowest BCUT2D eigenvalue weighted by molar-refractivity contribution is -0.116. The molecule has 0 saturated carbocycles. The highest BCUT2D eigenvalue weighted by Gasteiger charge is 2.05. The molecule has 118 valence electrons. The predicted octanol–water partition coefficient (Wildman–Crippen LogP) is 2.95. The Balaban J connectivity index is 1.92. The van der Waals surface area contributed by atoms with Crippen molar-refractivity contribution in [3.8, 4) is 5.69 Å². The van der Waals surface area contributed by atoms with E-state index in [2.05, 4.69) is 10.3 Å². The van der Waals surface area contributed by atoms with E-state index in [9.17, 15) is 4.79 Å². The summed E-state index contributed by atoms with van der Waals surface area (Å²) in [6.07, 6.45) is 5.22. The van der Waals surface area contributed by atoms with Crippen molar-refractivity contribution in [1.82, 2.24) is 9.55 Å². The molecular weight excluding hydrogens is 276 g/mol. The van der Waals surface area contributed by atoms with E-state index in [0.29, 0.717) is 13.0 Å². The van der Waals surface area contributed by atoms with Crippen molar-refractivity contribution in [3.05, 3.63) is 42.0 Å². The lowest BCUT2D eigenvalue weighted by Gasteiger charge is -2.08. The predicted molar refractivity (Wildman–Crippen MR) is 89.2 cm³/mol. The molecule has 0 atom stereocenters. The third-order valence-corrected chi connectivity index (χ3v) is 3.79. The van der Waals surface area contributed by atoms with E-state index >= 15 is 0 Å². The molecule has 5 nitrogen and oxygen atoms in total. The Morgan fingerprint density at radius 1 is 1.18 bits per heavy atom. The van der Waals surface area contributed by atoms with Crippen LogP contribution in [0.4, 0.5) is 5.69 Å². The smallest absolute Gasteiger partial charge is 0.224 e. The van der Waals surface area contributed by atoms with Crippen LogP contribution in [0.25, 0.3) is 5.69 Å². The average molecular weight is 300 g/mol. The molecule has 0 saturated heterocycles. The van der Waals surface area contributed by atoms with Gasteiger partial charge in [-0.15, -0.1) is 0 Å². The van der Waals surface area contributed by atoms with Gasteiger partial charge >= 0.3 is 0 Å². The number of benzene rings is 1. The SMILES string of the molecule is Cc1ncn(-c2ccc(NC(=O)CCCCCN)cc2)c1C. The van der Waals surface area contributed by atoms with Gasteiger partial charge in [-0.05, 0) is 57.5 Å². The Kier molecular flexibility index (Phi) is 5.72. The second kappa shape index (κ2) is 7.75. The van der Waals surface area contributed by atoms with Gasteiger partial charge in [0.1, 0.15) is 0 Å². The highest BCUT2D eigenvalue weighted by Crippen LogP contribution is 2.17. The molecule has 0 spiro atoms. The Labute approximate surface area is 131 Å². The van der Waals surface area contributed by atoms with Crippen LogP contribution >= 0.6 is 0 Å². The van der Waals surface area contributed by atoms with E-state index in [-0.39, 0.29) is 5.91 Å². The highest BCUT2D eigenvalue weighted by molar-refractivity contribution is 5.90. The standard InChI is InChI=1S/C17H24N4O/c1-13-14(2)21(12-19-13)16-9-7-15(8-10-16)20-17(22)6-4-3-5-11-18/h7-10,12H,3-6,11,18H2,1-2H3,(H,20,22). The van der Waals surface area contributed by atoms with Gasteiger partial charge in [0.25, 0.3) is 0 Å². The zero-order valence-corrected chi connectivity index (χ0v) is 13.3. The first kappa shape index (κ1) is 16.2. The summed E-state index contributed by atoms with van der Waals surface area (Å²) in [5.74, 6) is 0.0550. The summed E-state index contributed by atoms with van der Waals surface area (Å²) in [5, 5.41) is 2.92. The first-order chi connectivity index (χ1) is 10.6. The summed E-state index contributed by atoms with van der Waals surface area (Å²) < 4.78 is 2.04. The molecule has 0 aliphatic carbocycles. The molecule has 0 unspecified atom stereocenters. The van der Waals surface area contributed by atoms with E-state index in [1.165, 1.54) is 0 Å². The van der Waals surface area contributed by atoms with Crippen LogP contribution in [0.15, 0.2) is 30.6 Å². The van der Waals surface area contributed by atoms with Crippen LogP contribution < -0.4 is 11.1 Å². The molecule has 1 aromatic carbocycles. The first-order valence-electron chi connectivity index (χ1n) is 7.72. The van der Waals surface area contributed by atoms with Crippen LogP contribution in [-0.2, 0) is 4.79 Å². The molecule has 0 bridgehead atoms. The summed E-state index contributed by atoms with van der Waals surface area (Å²) in [6, 6.07) is 7.81. The van der Waals surface area contributed by atoms with Gasteiger partial charge in [0, 0.05) is 23.5 Å². The number of aromatic nitrogens is 2. The Morgan fingerprint density at radius 3 is 2.50 bits per heavy atom. The van der Waals surface area contributed by atoms with E-state index in [0.717, 1.165) is 42.0 Å². The van der Waals surface area contributed by atoms with Crippen LogP contribution in [0.1, 0.15) is 37.1 Å². The van der Waals surface area contributed by atoms with Gasteiger partial charge in [-0.3, -0.25) is 4.79 Å². The zero-order chi connectivity index (χ0) is 15.9. The minimum absolute atomic E-state index is 0.0550. The monoisotopic (exact) mass is 300 g/mol. The molecular formula is C17H24N4O. The molecule has 2 aromatic rings. The molecule has 3 N–H and O–H groups in total. The topological polar surface area (TPSA) is 72.9 Å². The van der Waals surface area contributed by atoms with Crippen molar-refractivity contribution in [1.29, 1.82) is 0 Å². The van der Waals surface area contributed by atoms with Crippen molar-refractivity contribution in [2.24, 2.45) is 5.73 Å². The van der Waals surface area contributed by atoms with Crippen molar-refractivity contribution >= 4 is 11.6 Å². The lowest BCUT2D eigenvalue weighted by Crippen LogP contribution is -2.11. The number of rotatable bonds is 7. The molecule has 2 rings (SSSR count). The number of imidazole rings is 1. The fourth-order valence-electron chi connectivity index (χ4n) is 2.29. The minimum atomic E-state index is 0.0550. The number of nitrogens with one attached hydrogen (secondary N) is 1. The first-order valence-corrected chi connectivity index (χ1v) is 7.72. The highest BCUT2D eigenvalue weighted by atomic mass is 16.1. The van der Waals surface area contributed by atoms with Crippen LogP contribution in [0.2, 0.25) is 0 Å². The van der Waals surface area contributed by atoms with Gasteiger partial charge < -0.3 is 15.6 Å². The normalized spacial score (nSPS) is 10.7. The number of amides is 1. The molecule has 5 heteroatoms.